The Morgan fingerprint density at radius 3 is 3.10 bits per heavy atom. The van der Waals surface area contributed by atoms with Crippen LogP contribution in [-0.2, 0) is 11.3 Å². The van der Waals surface area contributed by atoms with E-state index in [1.807, 2.05) is 6.20 Å². The van der Waals surface area contributed by atoms with Gasteiger partial charge in [-0.3, -0.25) is 10.00 Å². The summed E-state index contributed by atoms with van der Waals surface area (Å²) in [5.74, 6) is 0. The second-order valence-electron chi connectivity index (χ2n) is 4.88. The van der Waals surface area contributed by atoms with Gasteiger partial charge in [0.1, 0.15) is 0 Å². The number of rotatable bonds is 6. The Morgan fingerprint density at radius 2 is 2.30 bits per heavy atom. The first-order valence-electron chi connectivity index (χ1n) is 7.00. The number of aromatic nitrogens is 2. The molecule has 108 valence electrons. The van der Waals surface area contributed by atoms with Gasteiger partial charge in [-0.05, 0) is 11.4 Å². The minimum atomic E-state index is 0.855. The Morgan fingerprint density at radius 1 is 1.40 bits per heavy atom. The van der Waals surface area contributed by atoms with Gasteiger partial charge in [-0.1, -0.05) is 6.07 Å². The predicted molar refractivity (Wildman–Crippen MR) is 80.9 cm³/mol. The molecule has 0 atom stereocenters. The van der Waals surface area contributed by atoms with Crippen molar-refractivity contribution < 1.29 is 4.74 Å². The highest BCUT2D eigenvalue weighted by atomic mass is 32.1. The lowest BCUT2D eigenvalue weighted by molar-refractivity contribution is 0.0384. The molecule has 0 unspecified atom stereocenters. The number of hydrogen-bond donors (Lipinski definition) is 2. The molecule has 1 aliphatic heterocycles. The fourth-order valence-electron chi connectivity index (χ4n) is 2.36. The van der Waals surface area contributed by atoms with Gasteiger partial charge in [0.2, 0.25) is 0 Å². The summed E-state index contributed by atoms with van der Waals surface area (Å²) < 4.78 is 5.35. The molecule has 2 aromatic rings. The second kappa shape index (κ2) is 6.99. The molecule has 1 fully saturated rings. The van der Waals surface area contributed by atoms with Crippen molar-refractivity contribution in [1.29, 1.82) is 0 Å². The molecule has 3 rings (SSSR count). The van der Waals surface area contributed by atoms with E-state index in [1.54, 1.807) is 11.3 Å². The lowest BCUT2D eigenvalue weighted by Crippen LogP contribution is -2.40. The molecule has 5 nitrogen and oxygen atoms in total. The first-order valence-corrected chi connectivity index (χ1v) is 7.88. The van der Waals surface area contributed by atoms with E-state index in [1.165, 1.54) is 10.4 Å². The summed E-state index contributed by atoms with van der Waals surface area (Å²) in [5, 5.41) is 12.8. The van der Waals surface area contributed by atoms with E-state index in [-0.39, 0.29) is 0 Å². The largest absolute Gasteiger partial charge is 0.379 e. The van der Waals surface area contributed by atoms with E-state index in [0.717, 1.165) is 51.6 Å². The van der Waals surface area contributed by atoms with Crippen LogP contribution in [0.2, 0.25) is 0 Å². The number of thiophene rings is 1. The van der Waals surface area contributed by atoms with E-state index in [9.17, 15) is 0 Å². The number of hydrogen-bond acceptors (Lipinski definition) is 5. The Labute approximate surface area is 122 Å². The molecule has 0 aliphatic carbocycles. The quantitative estimate of drug-likeness (QED) is 0.793. The highest BCUT2D eigenvalue weighted by Crippen LogP contribution is 2.25. The van der Waals surface area contributed by atoms with Crippen LogP contribution in [0.3, 0.4) is 0 Å². The van der Waals surface area contributed by atoms with Crippen molar-refractivity contribution in [2.75, 3.05) is 39.4 Å². The van der Waals surface area contributed by atoms with Gasteiger partial charge in [-0.2, -0.15) is 5.10 Å². The van der Waals surface area contributed by atoms with Gasteiger partial charge in [-0.25, -0.2) is 0 Å². The normalized spacial score (nSPS) is 16.6. The summed E-state index contributed by atoms with van der Waals surface area (Å²) >= 11 is 1.74. The number of nitrogens with one attached hydrogen (secondary N) is 2. The van der Waals surface area contributed by atoms with Gasteiger partial charge < -0.3 is 10.1 Å². The van der Waals surface area contributed by atoms with Crippen LogP contribution in [0.15, 0.2) is 23.7 Å². The van der Waals surface area contributed by atoms with Crippen molar-refractivity contribution >= 4 is 11.3 Å². The maximum absolute atomic E-state index is 5.35. The topological polar surface area (TPSA) is 53.2 Å². The van der Waals surface area contributed by atoms with E-state index < -0.39 is 0 Å². The van der Waals surface area contributed by atoms with Crippen LogP contribution in [0.5, 0.6) is 0 Å². The molecule has 1 saturated heterocycles. The van der Waals surface area contributed by atoms with Crippen LogP contribution in [0.1, 0.15) is 5.56 Å². The van der Waals surface area contributed by atoms with Crippen LogP contribution in [0.25, 0.3) is 10.6 Å². The first-order chi connectivity index (χ1) is 9.93. The lowest BCUT2D eigenvalue weighted by Gasteiger charge is -2.26. The number of morpholine rings is 1. The van der Waals surface area contributed by atoms with E-state index >= 15 is 0 Å². The Bertz CT molecular complexity index is 505. The summed E-state index contributed by atoms with van der Waals surface area (Å²) in [6.07, 6.45) is 1.91. The van der Waals surface area contributed by atoms with Crippen molar-refractivity contribution in [1.82, 2.24) is 20.4 Å². The summed E-state index contributed by atoms with van der Waals surface area (Å²) in [4.78, 5) is 3.68. The zero-order chi connectivity index (χ0) is 13.6. The van der Waals surface area contributed by atoms with Crippen LogP contribution in [0.4, 0.5) is 0 Å². The first kappa shape index (κ1) is 13.8. The monoisotopic (exact) mass is 292 g/mol. The molecule has 0 aromatic carbocycles. The van der Waals surface area contributed by atoms with Crippen molar-refractivity contribution in [3.8, 4) is 10.6 Å². The molecule has 0 bridgehead atoms. The summed E-state index contributed by atoms with van der Waals surface area (Å²) in [7, 11) is 0. The molecule has 3 heterocycles. The smallest absolute Gasteiger partial charge is 0.0794 e. The standard InChI is InChI=1S/C14H20N4OS/c1-2-13(20-9-1)14-12(11-16-17-14)10-15-3-4-18-5-7-19-8-6-18/h1-2,9,11,15H,3-8,10H2,(H,16,17). The van der Waals surface area contributed by atoms with Crippen LogP contribution in [0, 0.1) is 0 Å². The van der Waals surface area contributed by atoms with Crippen molar-refractivity contribution in [2.24, 2.45) is 0 Å². The third kappa shape index (κ3) is 3.46. The molecule has 0 amide bonds. The number of ether oxygens (including phenoxy) is 1. The van der Waals surface area contributed by atoms with E-state index in [4.69, 9.17) is 4.74 Å². The van der Waals surface area contributed by atoms with Gasteiger partial charge >= 0.3 is 0 Å². The molecule has 0 saturated carbocycles. The van der Waals surface area contributed by atoms with Gasteiger partial charge in [0, 0.05) is 38.3 Å². The summed E-state index contributed by atoms with van der Waals surface area (Å²) in [5.41, 5.74) is 2.37. The summed E-state index contributed by atoms with van der Waals surface area (Å²) in [6.45, 7) is 6.76. The lowest BCUT2D eigenvalue weighted by atomic mass is 10.2. The maximum atomic E-state index is 5.35. The van der Waals surface area contributed by atoms with Gasteiger partial charge in [0.25, 0.3) is 0 Å². The predicted octanol–water partition coefficient (Wildman–Crippen LogP) is 1.56. The van der Waals surface area contributed by atoms with Crippen LogP contribution < -0.4 is 5.32 Å². The minimum Gasteiger partial charge on any atom is -0.379 e. The van der Waals surface area contributed by atoms with Crippen LogP contribution >= 0.6 is 11.3 Å². The third-order valence-electron chi connectivity index (χ3n) is 3.51. The maximum Gasteiger partial charge on any atom is 0.0794 e. The second-order valence-corrected chi connectivity index (χ2v) is 5.83. The minimum absolute atomic E-state index is 0.855. The third-order valence-corrected chi connectivity index (χ3v) is 4.40. The molecule has 1 aliphatic rings. The van der Waals surface area contributed by atoms with E-state index in [2.05, 4.69) is 37.9 Å². The molecular weight excluding hydrogens is 272 g/mol. The fraction of sp³-hybridized carbons (Fsp3) is 0.500. The summed E-state index contributed by atoms with van der Waals surface area (Å²) in [6, 6.07) is 4.19. The fourth-order valence-corrected chi connectivity index (χ4v) is 3.12. The molecule has 2 aromatic heterocycles. The molecule has 0 radical (unpaired) electrons. The van der Waals surface area contributed by atoms with E-state index in [0.29, 0.717) is 0 Å². The zero-order valence-electron chi connectivity index (χ0n) is 11.5. The Hall–Kier alpha value is -1.21. The molecule has 2 N–H and O–H groups in total. The molecule has 0 spiro atoms. The molecule has 20 heavy (non-hydrogen) atoms. The number of nitrogens with zero attached hydrogens (tertiary/aromatic N) is 2. The number of aromatic amines is 1. The SMILES string of the molecule is c1csc(-c2[nH]ncc2CNCCN2CCOCC2)c1. The van der Waals surface area contributed by atoms with Crippen molar-refractivity contribution in [3.05, 3.63) is 29.3 Å². The van der Waals surface area contributed by atoms with Crippen molar-refractivity contribution in [2.45, 2.75) is 6.54 Å². The average molecular weight is 292 g/mol. The van der Waals surface area contributed by atoms with Gasteiger partial charge in [0.15, 0.2) is 0 Å². The van der Waals surface area contributed by atoms with Gasteiger partial charge in [-0.15, -0.1) is 11.3 Å². The average Bonchev–Trinajstić information content (AvgIpc) is 3.15. The highest BCUT2D eigenvalue weighted by Gasteiger charge is 2.10. The highest BCUT2D eigenvalue weighted by molar-refractivity contribution is 7.13. The molecular formula is C14H20N4OS. The Kier molecular flexibility index (Phi) is 4.81. The zero-order valence-corrected chi connectivity index (χ0v) is 12.3. The molecule has 6 heteroatoms. The number of H-pyrrole nitrogens is 1. The van der Waals surface area contributed by atoms with Crippen molar-refractivity contribution in [3.63, 3.8) is 0 Å². The Balaban J connectivity index is 1.46. The van der Waals surface area contributed by atoms with Crippen LogP contribution in [-0.4, -0.2) is 54.5 Å². The van der Waals surface area contributed by atoms with Gasteiger partial charge in [0.05, 0.1) is 30.0 Å².